The molecule has 3 nitrogen and oxygen atoms in total. The molecule has 0 saturated heterocycles. The lowest BCUT2D eigenvalue weighted by atomic mass is 9.98. The van der Waals surface area contributed by atoms with Gasteiger partial charge >= 0.3 is 11.9 Å². The lowest BCUT2D eigenvalue weighted by Gasteiger charge is -2.17. The first-order valence-corrected chi connectivity index (χ1v) is 8.33. The topological polar surface area (TPSA) is 45.8 Å². The molecule has 122 valence electrons. The summed E-state index contributed by atoms with van der Waals surface area (Å²) in [5.41, 5.74) is 1.47. The van der Waals surface area contributed by atoms with Gasteiger partial charge in [-0.05, 0) is 37.3 Å². The molecule has 0 radical (unpaired) electrons. The van der Waals surface area contributed by atoms with Gasteiger partial charge < -0.3 is 4.98 Å². The van der Waals surface area contributed by atoms with Crippen LogP contribution in [0.5, 0.6) is 0 Å². The molecule has 2 aromatic rings. The van der Waals surface area contributed by atoms with Crippen molar-refractivity contribution >= 4 is 11.8 Å². The van der Waals surface area contributed by atoms with E-state index in [1.165, 1.54) is 17.8 Å². The maximum absolute atomic E-state index is 12.7. The van der Waals surface area contributed by atoms with Crippen molar-refractivity contribution in [2.75, 3.05) is 0 Å². The van der Waals surface area contributed by atoms with Crippen molar-refractivity contribution in [1.29, 1.82) is 0 Å². The predicted octanol–water partition coefficient (Wildman–Crippen LogP) is 3.96. The summed E-state index contributed by atoms with van der Waals surface area (Å²) in [7, 11) is 0. The molecule has 0 saturated carbocycles. The Bertz CT molecular complexity index is 771. The molecule has 1 heterocycles. The highest BCUT2D eigenvalue weighted by molar-refractivity contribution is 7.98. The van der Waals surface area contributed by atoms with Crippen LogP contribution in [-0.2, 0) is 24.8 Å². The normalized spacial score (nSPS) is 14.6. The summed E-state index contributed by atoms with van der Waals surface area (Å²) in [6.07, 6.45) is -0.598. The number of alkyl halides is 3. The highest BCUT2D eigenvalue weighted by atomic mass is 32.2. The third kappa shape index (κ3) is 3.77. The van der Waals surface area contributed by atoms with Gasteiger partial charge in [-0.1, -0.05) is 18.2 Å². The van der Waals surface area contributed by atoms with Crippen molar-refractivity contribution in [2.24, 2.45) is 0 Å². The SMILES string of the molecule is O=c1nc(SCc2cccc(C(F)(F)F)c2)c2c([nH]1)CCCC2. The van der Waals surface area contributed by atoms with E-state index in [0.717, 1.165) is 49.1 Å². The number of nitrogens with zero attached hydrogens (tertiary/aromatic N) is 1. The van der Waals surface area contributed by atoms with Crippen molar-refractivity contribution in [1.82, 2.24) is 9.97 Å². The van der Waals surface area contributed by atoms with Gasteiger partial charge in [-0.15, -0.1) is 11.8 Å². The summed E-state index contributed by atoms with van der Waals surface area (Å²) >= 11 is 1.32. The fourth-order valence-electron chi connectivity index (χ4n) is 2.70. The largest absolute Gasteiger partial charge is 0.416 e. The fourth-order valence-corrected chi connectivity index (χ4v) is 3.73. The van der Waals surface area contributed by atoms with Gasteiger partial charge in [0.05, 0.1) is 5.56 Å². The molecule has 7 heteroatoms. The number of fused-ring (bicyclic) bond motifs is 1. The molecule has 1 aliphatic carbocycles. The first-order chi connectivity index (χ1) is 10.9. The molecule has 0 bridgehead atoms. The van der Waals surface area contributed by atoms with E-state index in [2.05, 4.69) is 9.97 Å². The molecule has 23 heavy (non-hydrogen) atoms. The summed E-state index contributed by atoms with van der Waals surface area (Å²) in [5, 5.41) is 0.640. The van der Waals surface area contributed by atoms with Crippen LogP contribution in [0, 0.1) is 0 Å². The van der Waals surface area contributed by atoms with Gasteiger partial charge in [0.2, 0.25) is 0 Å². The minimum atomic E-state index is -4.35. The molecule has 0 amide bonds. The standard InChI is InChI=1S/C16H15F3N2OS/c17-16(18,19)11-5-3-4-10(8-11)9-23-14-12-6-1-2-7-13(12)20-15(22)21-14/h3-5,8H,1-2,6-7,9H2,(H,20,21,22). The Morgan fingerprint density at radius 1 is 1.22 bits per heavy atom. The van der Waals surface area contributed by atoms with Crippen molar-refractivity contribution in [3.8, 4) is 0 Å². The molecule has 1 aromatic heterocycles. The Labute approximate surface area is 135 Å². The Morgan fingerprint density at radius 2 is 2.00 bits per heavy atom. The number of thioether (sulfide) groups is 1. The molecule has 0 spiro atoms. The van der Waals surface area contributed by atoms with Crippen LogP contribution in [0.25, 0.3) is 0 Å². The van der Waals surface area contributed by atoms with Crippen molar-refractivity contribution in [3.63, 3.8) is 0 Å². The van der Waals surface area contributed by atoms with Gasteiger partial charge in [0.1, 0.15) is 5.03 Å². The van der Waals surface area contributed by atoms with Gasteiger partial charge in [-0.25, -0.2) is 4.79 Å². The van der Waals surface area contributed by atoms with Crippen molar-refractivity contribution in [2.45, 2.75) is 42.6 Å². The lowest BCUT2D eigenvalue weighted by Crippen LogP contribution is -2.19. The van der Waals surface area contributed by atoms with E-state index < -0.39 is 17.4 Å². The molecular weight excluding hydrogens is 325 g/mol. The maximum Gasteiger partial charge on any atom is 0.416 e. The number of halogens is 3. The van der Waals surface area contributed by atoms with Gasteiger partial charge in [-0.2, -0.15) is 18.2 Å². The number of nitrogens with one attached hydrogen (secondary N) is 1. The second-order valence-corrected chi connectivity index (χ2v) is 6.46. The van der Waals surface area contributed by atoms with Crippen LogP contribution in [0.2, 0.25) is 0 Å². The lowest BCUT2D eigenvalue weighted by molar-refractivity contribution is -0.137. The second-order valence-electron chi connectivity index (χ2n) is 5.50. The van der Waals surface area contributed by atoms with Crippen LogP contribution >= 0.6 is 11.8 Å². The van der Waals surface area contributed by atoms with Gasteiger partial charge in [0.15, 0.2) is 0 Å². The molecule has 1 aromatic carbocycles. The molecule has 3 rings (SSSR count). The molecule has 0 unspecified atom stereocenters. The Hall–Kier alpha value is -1.76. The quantitative estimate of drug-likeness (QED) is 0.679. The van der Waals surface area contributed by atoms with E-state index in [4.69, 9.17) is 0 Å². The van der Waals surface area contributed by atoms with E-state index in [-0.39, 0.29) is 0 Å². The summed E-state index contributed by atoms with van der Waals surface area (Å²) in [4.78, 5) is 18.4. The first-order valence-electron chi connectivity index (χ1n) is 7.34. The van der Waals surface area contributed by atoms with Crippen LogP contribution in [-0.4, -0.2) is 9.97 Å². The van der Waals surface area contributed by atoms with Gasteiger partial charge in [-0.3, -0.25) is 0 Å². The Balaban J connectivity index is 1.82. The van der Waals surface area contributed by atoms with Crippen molar-refractivity contribution < 1.29 is 13.2 Å². The number of hydrogen-bond acceptors (Lipinski definition) is 3. The summed E-state index contributed by atoms with van der Waals surface area (Å²) in [6, 6.07) is 5.26. The number of benzene rings is 1. The number of aromatic amines is 1. The average Bonchev–Trinajstić information content (AvgIpc) is 2.52. The van der Waals surface area contributed by atoms with Crippen LogP contribution in [0.1, 0.15) is 35.2 Å². The summed E-state index contributed by atoms with van der Waals surface area (Å²) in [6.45, 7) is 0. The summed E-state index contributed by atoms with van der Waals surface area (Å²) in [5.74, 6) is 0.354. The van der Waals surface area contributed by atoms with Crippen LogP contribution in [0.3, 0.4) is 0 Å². The van der Waals surface area contributed by atoms with Crippen LogP contribution in [0.4, 0.5) is 13.2 Å². The third-order valence-corrected chi connectivity index (χ3v) is 4.91. The number of rotatable bonds is 3. The van der Waals surface area contributed by atoms with Gasteiger partial charge in [0, 0.05) is 17.0 Å². The Morgan fingerprint density at radius 3 is 2.78 bits per heavy atom. The van der Waals surface area contributed by atoms with E-state index in [0.29, 0.717) is 16.3 Å². The Kier molecular flexibility index (Phi) is 4.48. The average molecular weight is 340 g/mol. The fraction of sp³-hybridized carbons (Fsp3) is 0.375. The van der Waals surface area contributed by atoms with Crippen LogP contribution < -0.4 is 5.69 Å². The molecule has 0 fully saturated rings. The number of H-pyrrole nitrogens is 1. The van der Waals surface area contributed by atoms with E-state index >= 15 is 0 Å². The predicted molar refractivity (Wildman–Crippen MR) is 82.5 cm³/mol. The number of hydrogen-bond donors (Lipinski definition) is 1. The maximum atomic E-state index is 12.7. The van der Waals surface area contributed by atoms with Gasteiger partial charge in [0.25, 0.3) is 0 Å². The molecule has 0 atom stereocenters. The first kappa shape index (κ1) is 16.1. The molecule has 1 N–H and O–H groups in total. The molecule has 0 aliphatic heterocycles. The van der Waals surface area contributed by atoms with Crippen LogP contribution in [0.15, 0.2) is 34.1 Å². The molecule has 1 aliphatic rings. The minimum absolute atomic E-state index is 0.354. The van der Waals surface area contributed by atoms with E-state index in [1.807, 2.05) is 0 Å². The zero-order valence-electron chi connectivity index (χ0n) is 12.2. The minimum Gasteiger partial charge on any atom is -0.309 e. The smallest absolute Gasteiger partial charge is 0.309 e. The highest BCUT2D eigenvalue weighted by Crippen LogP contribution is 2.32. The summed E-state index contributed by atoms with van der Waals surface area (Å²) < 4.78 is 38.2. The zero-order valence-corrected chi connectivity index (χ0v) is 13.1. The monoisotopic (exact) mass is 340 g/mol. The van der Waals surface area contributed by atoms with Crippen molar-refractivity contribution in [3.05, 3.63) is 57.1 Å². The molecular formula is C16H15F3N2OS. The number of aryl methyl sites for hydroxylation is 1. The zero-order chi connectivity index (χ0) is 16.4. The third-order valence-electron chi connectivity index (χ3n) is 3.82. The second kappa shape index (κ2) is 6.39. The highest BCUT2D eigenvalue weighted by Gasteiger charge is 2.30. The van der Waals surface area contributed by atoms with E-state index in [9.17, 15) is 18.0 Å². The number of aromatic nitrogens is 2. The van der Waals surface area contributed by atoms with E-state index in [1.54, 1.807) is 6.07 Å².